The number of benzene rings is 1. The van der Waals surface area contributed by atoms with Crippen LogP contribution in [-0.4, -0.2) is 28.9 Å². The number of hydrogen-bond donors (Lipinski definition) is 1. The van der Waals surface area contributed by atoms with Gasteiger partial charge in [-0.3, -0.25) is 9.59 Å². The fraction of sp³-hybridized carbons (Fsp3) is 0.467. The van der Waals surface area contributed by atoms with Crippen LogP contribution >= 0.6 is 0 Å². The summed E-state index contributed by atoms with van der Waals surface area (Å²) in [6, 6.07) is 8.29. The van der Waals surface area contributed by atoms with Gasteiger partial charge in [0.15, 0.2) is 0 Å². The van der Waals surface area contributed by atoms with Crippen molar-refractivity contribution in [3.63, 3.8) is 0 Å². The number of fused-ring (bicyclic) bond motifs is 1. The van der Waals surface area contributed by atoms with E-state index in [1.165, 1.54) is 11.1 Å². The molecule has 1 saturated carbocycles. The molecule has 0 aromatic heterocycles. The van der Waals surface area contributed by atoms with Crippen molar-refractivity contribution in [3.05, 3.63) is 35.4 Å². The summed E-state index contributed by atoms with van der Waals surface area (Å²) in [7, 11) is 1.80. The average molecular weight is 259 g/mol. The molecule has 0 radical (unpaired) electrons. The molecule has 0 spiro atoms. The average Bonchev–Trinajstić information content (AvgIpc) is 3.10. The first kappa shape index (κ1) is 12.2. The summed E-state index contributed by atoms with van der Waals surface area (Å²) >= 11 is 0. The van der Waals surface area contributed by atoms with E-state index in [0.29, 0.717) is 6.42 Å². The molecule has 1 aromatic carbocycles. The van der Waals surface area contributed by atoms with E-state index < -0.39 is 11.9 Å². The highest BCUT2D eigenvalue weighted by Gasteiger charge is 2.50. The Kier molecular flexibility index (Phi) is 2.81. The number of aryl methyl sites for hydroxylation is 1. The molecule has 0 saturated heterocycles. The minimum Gasteiger partial charge on any atom is -0.481 e. The van der Waals surface area contributed by atoms with Crippen LogP contribution in [0.3, 0.4) is 0 Å². The van der Waals surface area contributed by atoms with Crippen molar-refractivity contribution in [2.45, 2.75) is 25.3 Å². The molecule has 3 unspecified atom stereocenters. The van der Waals surface area contributed by atoms with Gasteiger partial charge in [-0.1, -0.05) is 24.3 Å². The van der Waals surface area contributed by atoms with E-state index in [1.807, 2.05) is 12.1 Å². The molecule has 4 heteroatoms. The molecule has 0 heterocycles. The number of rotatable bonds is 3. The van der Waals surface area contributed by atoms with Crippen molar-refractivity contribution in [3.8, 4) is 0 Å². The number of carboxylic acid groups (broad SMARTS) is 1. The predicted molar refractivity (Wildman–Crippen MR) is 69.5 cm³/mol. The van der Waals surface area contributed by atoms with E-state index in [0.717, 1.165) is 12.8 Å². The summed E-state index contributed by atoms with van der Waals surface area (Å²) in [6.07, 6.45) is 2.42. The second kappa shape index (κ2) is 4.37. The van der Waals surface area contributed by atoms with Gasteiger partial charge in [-0.05, 0) is 30.4 Å². The van der Waals surface area contributed by atoms with Gasteiger partial charge in [-0.25, -0.2) is 0 Å². The lowest BCUT2D eigenvalue weighted by molar-refractivity contribution is -0.142. The zero-order valence-corrected chi connectivity index (χ0v) is 10.9. The lowest BCUT2D eigenvalue weighted by Gasteiger charge is -2.25. The number of amides is 1. The molecule has 0 aliphatic heterocycles. The quantitative estimate of drug-likeness (QED) is 0.901. The highest BCUT2D eigenvalue weighted by atomic mass is 16.4. The summed E-state index contributed by atoms with van der Waals surface area (Å²) in [5.74, 6) is -1.64. The van der Waals surface area contributed by atoms with Crippen molar-refractivity contribution in [1.82, 2.24) is 4.90 Å². The van der Waals surface area contributed by atoms with Crippen LogP contribution in [0, 0.1) is 11.8 Å². The minimum absolute atomic E-state index is 0.0193. The van der Waals surface area contributed by atoms with Gasteiger partial charge in [0.1, 0.15) is 0 Å². The van der Waals surface area contributed by atoms with E-state index in [2.05, 4.69) is 12.1 Å². The lowest BCUT2D eigenvalue weighted by Crippen LogP contribution is -2.32. The normalized spacial score (nSPS) is 27.7. The van der Waals surface area contributed by atoms with Gasteiger partial charge in [0.25, 0.3) is 0 Å². The number of carboxylic acids is 1. The number of nitrogens with zero attached hydrogens (tertiary/aromatic N) is 1. The Hall–Kier alpha value is -1.84. The fourth-order valence-corrected chi connectivity index (χ4v) is 3.09. The predicted octanol–water partition coefficient (Wildman–Crippen LogP) is 1.85. The van der Waals surface area contributed by atoms with Crippen molar-refractivity contribution in [2.24, 2.45) is 11.8 Å². The van der Waals surface area contributed by atoms with Gasteiger partial charge >= 0.3 is 5.97 Å². The molecule has 1 aromatic rings. The Labute approximate surface area is 112 Å². The lowest BCUT2D eigenvalue weighted by atomic mass is 10.1. The Balaban J connectivity index is 1.74. The Morgan fingerprint density at radius 3 is 2.68 bits per heavy atom. The van der Waals surface area contributed by atoms with Crippen LogP contribution in [0.5, 0.6) is 0 Å². The summed E-state index contributed by atoms with van der Waals surface area (Å²) in [6.45, 7) is 0. The molecule has 2 aliphatic rings. The zero-order valence-electron chi connectivity index (χ0n) is 10.9. The number of carbonyl (C=O) groups excluding carboxylic acids is 1. The highest BCUT2D eigenvalue weighted by Crippen LogP contribution is 2.43. The Bertz CT molecular complexity index is 540. The molecule has 3 rings (SSSR count). The highest BCUT2D eigenvalue weighted by molar-refractivity contribution is 5.89. The maximum absolute atomic E-state index is 12.3. The number of carbonyl (C=O) groups is 2. The summed E-state index contributed by atoms with van der Waals surface area (Å²) in [4.78, 5) is 24.9. The van der Waals surface area contributed by atoms with Gasteiger partial charge < -0.3 is 10.0 Å². The van der Waals surface area contributed by atoms with Gasteiger partial charge in [0.05, 0.1) is 17.9 Å². The molecule has 2 aliphatic carbocycles. The molecular formula is C15H17NO3. The van der Waals surface area contributed by atoms with E-state index in [1.54, 1.807) is 11.9 Å². The van der Waals surface area contributed by atoms with Gasteiger partial charge in [0.2, 0.25) is 5.91 Å². The van der Waals surface area contributed by atoms with Gasteiger partial charge in [-0.2, -0.15) is 0 Å². The molecule has 19 heavy (non-hydrogen) atoms. The van der Waals surface area contributed by atoms with Crippen molar-refractivity contribution < 1.29 is 14.7 Å². The van der Waals surface area contributed by atoms with Crippen LogP contribution in [0.1, 0.15) is 30.0 Å². The topological polar surface area (TPSA) is 57.6 Å². The van der Waals surface area contributed by atoms with Crippen molar-refractivity contribution in [1.29, 1.82) is 0 Å². The molecule has 100 valence electrons. The van der Waals surface area contributed by atoms with Gasteiger partial charge in [-0.15, -0.1) is 0 Å². The van der Waals surface area contributed by atoms with E-state index >= 15 is 0 Å². The summed E-state index contributed by atoms with van der Waals surface area (Å²) < 4.78 is 0. The van der Waals surface area contributed by atoms with Crippen molar-refractivity contribution in [2.75, 3.05) is 7.05 Å². The molecular weight excluding hydrogens is 242 g/mol. The summed E-state index contributed by atoms with van der Waals surface area (Å²) in [5, 5.41) is 8.91. The second-order valence-corrected chi connectivity index (χ2v) is 5.49. The largest absolute Gasteiger partial charge is 0.481 e. The van der Waals surface area contributed by atoms with Crippen molar-refractivity contribution >= 4 is 11.9 Å². The SMILES string of the molecule is CN(C(=O)C1CC1C(=O)O)C1CCc2ccccc21. The van der Waals surface area contributed by atoms with Crippen LogP contribution in [0.25, 0.3) is 0 Å². The minimum atomic E-state index is -0.849. The standard InChI is InChI=1S/C15H17NO3/c1-16(14(17)11-8-12(11)15(18)19)13-7-6-9-4-2-3-5-10(9)13/h2-5,11-13H,6-8H2,1H3,(H,18,19). The summed E-state index contributed by atoms with van der Waals surface area (Å²) in [5.41, 5.74) is 2.52. The first-order chi connectivity index (χ1) is 9.09. The number of hydrogen-bond acceptors (Lipinski definition) is 2. The third kappa shape index (κ3) is 2.01. The first-order valence-electron chi connectivity index (χ1n) is 6.67. The number of aliphatic carboxylic acids is 1. The Morgan fingerprint density at radius 1 is 1.26 bits per heavy atom. The van der Waals surface area contributed by atoms with Crippen LogP contribution in [0.15, 0.2) is 24.3 Å². The monoisotopic (exact) mass is 259 g/mol. The van der Waals surface area contributed by atoms with E-state index in [4.69, 9.17) is 5.11 Å². The molecule has 0 bridgehead atoms. The second-order valence-electron chi connectivity index (χ2n) is 5.49. The van der Waals surface area contributed by atoms with E-state index in [-0.39, 0.29) is 17.9 Å². The van der Waals surface area contributed by atoms with Gasteiger partial charge in [0, 0.05) is 7.05 Å². The Morgan fingerprint density at radius 2 is 2.00 bits per heavy atom. The maximum Gasteiger partial charge on any atom is 0.307 e. The molecule has 1 fully saturated rings. The molecule has 1 N–H and O–H groups in total. The fourth-order valence-electron chi connectivity index (χ4n) is 3.09. The third-order valence-electron chi connectivity index (χ3n) is 4.34. The first-order valence-corrected chi connectivity index (χ1v) is 6.67. The van der Waals surface area contributed by atoms with Crippen LogP contribution in [0.4, 0.5) is 0 Å². The molecule has 4 nitrogen and oxygen atoms in total. The smallest absolute Gasteiger partial charge is 0.307 e. The van der Waals surface area contributed by atoms with Crippen LogP contribution in [-0.2, 0) is 16.0 Å². The molecule has 1 amide bonds. The third-order valence-corrected chi connectivity index (χ3v) is 4.34. The van der Waals surface area contributed by atoms with Crippen LogP contribution < -0.4 is 0 Å². The van der Waals surface area contributed by atoms with Crippen LogP contribution in [0.2, 0.25) is 0 Å². The zero-order chi connectivity index (χ0) is 13.6. The maximum atomic E-state index is 12.3. The van der Waals surface area contributed by atoms with E-state index in [9.17, 15) is 9.59 Å². The molecule has 3 atom stereocenters.